The zero-order valence-corrected chi connectivity index (χ0v) is 20.1. The van der Waals surface area contributed by atoms with Crippen molar-refractivity contribution >= 4 is 31.8 Å². The lowest BCUT2D eigenvalue weighted by Gasteiger charge is -2.29. The van der Waals surface area contributed by atoms with Crippen LogP contribution in [0.5, 0.6) is 0 Å². The maximum Gasteiger partial charge on any atom is 0.243 e. The predicted octanol–water partition coefficient (Wildman–Crippen LogP) is 2.73. The summed E-state index contributed by atoms with van der Waals surface area (Å²) in [5, 5.41) is 0. The Labute approximate surface area is 188 Å². The summed E-state index contributed by atoms with van der Waals surface area (Å²) in [6, 6.07) is 13.9. The third-order valence-corrected chi connectivity index (χ3v) is 12.2. The first kappa shape index (κ1) is 21.5. The van der Waals surface area contributed by atoms with Gasteiger partial charge in [0.05, 0.1) is 9.79 Å². The molecule has 0 saturated carbocycles. The Morgan fingerprint density at radius 2 is 0.968 bits per heavy atom. The van der Waals surface area contributed by atoms with E-state index in [9.17, 15) is 16.8 Å². The normalized spacial score (nSPS) is 29.2. The van der Waals surface area contributed by atoms with Gasteiger partial charge in [-0.05, 0) is 38.1 Å². The van der Waals surface area contributed by atoms with Gasteiger partial charge in [-0.2, -0.15) is 20.4 Å². The molecule has 2 aromatic carbocycles. The Balaban J connectivity index is 1.45. The molecule has 6 nitrogen and oxygen atoms in total. The number of nitrogens with zero attached hydrogens (tertiary/aromatic N) is 2. The molecule has 3 heterocycles. The summed E-state index contributed by atoms with van der Waals surface area (Å²) in [5.41, 5.74) is 1.35. The molecule has 3 saturated heterocycles. The van der Waals surface area contributed by atoms with E-state index in [0.29, 0.717) is 36.0 Å². The van der Waals surface area contributed by atoms with Gasteiger partial charge in [-0.25, -0.2) is 16.8 Å². The van der Waals surface area contributed by atoms with Crippen LogP contribution in [0, 0.1) is 24.7 Å². The molecule has 9 heteroatoms. The van der Waals surface area contributed by atoms with Gasteiger partial charge in [0.25, 0.3) is 0 Å². The van der Waals surface area contributed by atoms with Gasteiger partial charge in [0.15, 0.2) is 0 Å². The molecule has 166 valence electrons. The van der Waals surface area contributed by atoms with Gasteiger partial charge < -0.3 is 0 Å². The first-order valence-corrected chi connectivity index (χ1v) is 14.3. The molecule has 2 aromatic rings. The largest absolute Gasteiger partial charge is 0.243 e. The lowest BCUT2D eigenvalue weighted by atomic mass is 9.71. The molecular weight excluding hydrogens is 452 g/mol. The highest BCUT2D eigenvalue weighted by atomic mass is 32.2. The van der Waals surface area contributed by atoms with Crippen LogP contribution in [0.1, 0.15) is 11.1 Å². The van der Waals surface area contributed by atoms with Crippen molar-refractivity contribution in [3.8, 4) is 0 Å². The molecule has 5 rings (SSSR count). The fourth-order valence-corrected chi connectivity index (χ4v) is 10.3. The van der Waals surface area contributed by atoms with Crippen LogP contribution in [0.15, 0.2) is 58.3 Å². The van der Waals surface area contributed by atoms with Crippen LogP contribution >= 0.6 is 11.8 Å². The molecule has 0 atom stereocenters. The molecule has 0 aliphatic carbocycles. The van der Waals surface area contributed by atoms with E-state index in [1.165, 1.54) is 0 Å². The molecule has 0 aromatic heterocycles. The highest BCUT2D eigenvalue weighted by molar-refractivity contribution is 7.99. The van der Waals surface area contributed by atoms with Gasteiger partial charge >= 0.3 is 0 Å². The molecule has 3 fully saturated rings. The number of rotatable bonds is 4. The minimum Gasteiger partial charge on any atom is -0.207 e. The van der Waals surface area contributed by atoms with Crippen LogP contribution in [0.25, 0.3) is 0 Å². The molecule has 3 aliphatic rings. The summed E-state index contributed by atoms with van der Waals surface area (Å²) in [4.78, 5) is 0.612. The van der Waals surface area contributed by atoms with Crippen LogP contribution in [0.4, 0.5) is 0 Å². The van der Waals surface area contributed by atoms with E-state index in [4.69, 9.17) is 0 Å². The Morgan fingerprint density at radius 1 is 0.645 bits per heavy atom. The highest BCUT2D eigenvalue weighted by Gasteiger charge is 2.68. The van der Waals surface area contributed by atoms with E-state index in [0.717, 1.165) is 22.6 Å². The van der Waals surface area contributed by atoms with Gasteiger partial charge in [0, 0.05) is 48.5 Å². The molecule has 0 amide bonds. The van der Waals surface area contributed by atoms with E-state index < -0.39 is 20.0 Å². The van der Waals surface area contributed by atoms with E-state index in [1.807, 2.05) is 49.9 Å². The number of aryl methyl sites for hydroxylation is 2. The molecule has 31 heavy (non-hydrogen) atoms. The lowest BCUT2D eigenvalue weighted by Crippen LogP contribution is -2.40. The fraction of sp³-hybridized carbons (Fsp3) is 0.455. The zero-order valence-electron chi connectivity index (χ0n) is 17.6. The molecular formula is C22H26N2O4S3. The summed E-state index contributed by atoms with van der Waals surface area (Å²) in [5.74, 6) is 1.57. The Morgan fingerprint density at radius 3 is 1.29 bits per heavy atom. The number of hydrogen-bond donors (Lipinski definition) is 0. The van der Waals surface area contributed by atoms with Crippen LogP contribution < -0.4 is 0 Å². The average molecular weight is 479 g/mol. The van der Waals surface area contributed by atoms with Gasteiger partial charge in [0.2, 0.25) is 20.0 Å². The summed E-state index contributed by atoms with van der Waals surface area (Å²) in [7, 11) is -7.21. The van der Waals surface area contributed by atoms with Gasteiger partial charge in [-0.1, -0.05) is 35.4 Å². The van der Waals surface area contributed by atoms with E-state index >= 15 is 0 Å². The van der Waals surface area contributed by atoms with Crippen LogP contribution in [-0.4, -0.2) is 63.1 Å². The number of benzene rings is 2. The molecule has 0 spiro atoms. The molecule has 3 aliphatic heterocycles. The summed E-state index contributed by atoms with van der Waals surface area (Å²) >= 11 is 1.82. The third-order valence-electron chi connectivity index (χ3n) is 7.12. The molecule has 0 bridgehead atoms. The number of sulfonamides is 2. The van der Waals surface area contributed by atoms with Crippen molar-refractivity contribution in [1.29, 1.82) is 0 Å². The SMILES string of the molecule is Cc1ccc(S(=O)(=O)N2CC34CSCC3(C2)CN(S(=O)(=O)c2ccc(C)cc2)C4)cc1. The van der Waals surface area contributed by atoms with E-state index in [1.54, 1.807) is 32.9 Å². The summed E-state index contributed by atoms with van der Waals surface area (Å²) < 4.78 is 56.5. The average Bonchev–Trinajstić information content (AvgIpc) is 3.29. The minimum absolute atomic E-state index is 0.306. The Kier molecular flexibility index (Phi) is 4.88. The molecule has 0 N–H and O–H groups in total. The summed E-state index contributed by atoms with van der Waals surface area (Å²) in [6.07, 6.45) is 0. The number of hydrogen-bond acceptors (Lipinski definition) is 5. The first-order valence-electron chi connectivity index (χ1n) is 10.3. The first-order chi connectivity index (χ1) is 14.6. The van der Waals surface area contributed by atoms with Crippen molar-refractivity contribution in [2.45, 2.75) is 23.6 Å². The second-order valence-electron chi connectivity index (χ2n) is 9.23. The lowest BCUT2D eigenvalue weighted by molar-refractivity contribution is 0.241. The van der Waals surface area contributed by atoms with Crippen LogP contribution in [0.3, 0.4) is 0 Å². The van der Waals surface area contributed by atoms with Crippen LogP contribution in [0.2, 0.25) is 0 Å². The molecule has 0 radical (unpaired) electrons. The summed E-state index contributed by atoms with van der Waals surface area (Å²) in [6.45, 7) is 5.34. The minimum atomic E-state index is -3.60. The van der Waals surface area contributed by atoms with Crippen molar-refractivity contribution in [3.05, 3.63) is 59.7 Å². The van der Waals surface area contributed by atoms with Gasteiger partial charge in [-0.15, -0.1) is 0 Å². The van der Waals surface area contributed by atoms with Gasteiger partial charge in [-0.3, -0.25) is 0 Å². The topological polar surface area (TPSA) is 74.8 Å². The second kappa shape index (κ2) is 7.05. The van der Waals surface area contributed by atoms with Gasteiger partial charge in [0.1, 0.15) is 0 Å². The maximum absolute atomic E-state index is 13.3. The highest BCUT2D eigenvalue weighted by Crippen LogP contribution is 2.61. The second-order valence-corrected chi connectivity index (χ2v) is 14.1. The van der Waals surface area contributed by atoms with Crippen molar-refractivity contribution in [2.75, 3.05) is 37.7 Å². The monoisotopic (exact) mass is 478 g/mol. The van der Waals surface area contributed by atoms with Crippen molar-refractivity contribution in [3.63, 3.8) is 0 Å². The van der Waals surface area contributed by atoms with Crippen molar-refractivity contribution < 1.29 is 16.8 Å². The quantitative estimate of drug-likeness (QED) is 0.676. The van der Waals surface area contributed by atoms with Crippen LogP contribution in [-0.2, 0) is 20.0 Å². The Bertz CT molecular complexity index is 1110. The maximum atomic E-state index is 13.3. The smallest absolute Gasteiger partial charge is 0.207 e. The Hall–Kier alpha value is -1.39. The zero-order chi connectivity index (χ0) is 22.1. The van der Waals surface area contributed by atoms with Crippen molar-refractivity contribution in [2.24, 2.45) is 10.8 Å². The fourth-order valence-electron chi connectivity index (χ4n) is 5.22. The standard InChI is InChI=1S/C22H26N2O4S3/c1-17-3-7-19(8-4-17)30(25,26)23-11-21-13-24(14-22(21,12-23)16-29-15-21)31(27,28)20-9-5-18(2)6-10-20/h3-10H,11-16H2,1-2H3. The van der Waals surface area contributed by atoms with E-state index in [2.05, 4.69) is 0 Å². The van der Waals surface area contributed by atoms with E-state index in [-0.39, 0.29) is 10.8 Å². The molecule has 0 unspecified atom stereocenters. The number of thioether (sulfide) groups is 1. The third kappa shape index (κ3) is 3.20. The van der Waals surface area contributed by atoms with Crippen molar-refractivity contribution in [1.82, 2.24) is 8.61 Å². The predicted molar refractivity (Wildman–Crippen MR) is 122 cm³/mol.